The minimum absolute atomic E-state index is 0.254. The Hall–Kier alpha value is -1.13. The smallest absolute Gasteiger partial charge is 0.165 e. The van der Waals surface area contributed by atoms with E-state index in [4.69, 9.17) is 4.74 Å². The van der Waals surface area contributed by atoms with E-state index < -0.39 is 0 Å². The molecule has 1 aliphatic heterocycles. The van der Waals surface area contributed by atoms with Crippen LogP contribution in [0.2, 0.25) is 0 Å². The van der Waals surface area contributed by atoms with Crippen LogP contribution in [-0.4, -0.2) is 37.2 Å². The van der Waals surface area contributed by atoms with E-state index in [2.05, 4.69) is 17.1 Å². The highest BCUT2D eigenvalue weighted by Gasteiger charge is 2.20. The van der Waals surface area contributed by atoms with Crippen LogP contribution in [0.1, 0.15) is 38.7 Å². The van der Waals surface area contributed by atoms with Gasteiger partial charge in [-0.2, -0.15) is 0 Å². The quantitative estimate of drug-likeness (QED) is 0.836. The molecule has 21 heavy (non-hydrogen) atoms. The number of rotatable bonds is 7. The van der Waals surface area contributed by atoms with Crippen LogP contribution in [0, 0.1) is 5.82 Å². The minimum atomic E-state index is -0.254. The number of hydrogen-bond donors (Lipinski definition) is 1. The molecule has 1 aromatic carbocycles. The lowest BCUT2D eigenvalue weighted by molar-refractivity contribution is 0.154. The molecule has 0 spiro atoms. The number of ether oxygens (including phenoxy) is 1. The van der Waals surface area contributed by atoms with Gasteiger partial charge in [-0.3, -0.25) is 4.90 Å². The fourth-order valence-electron chi connectivity index (χ4n) is 3.00. The Morgan fingerprint density at radius 1 is 1.29 bits per heavy atom. The van der Waals surface area contributed by atoms with E-state index in [1.54, 1.807) is 12.1 Å². The zero-order chi connectivity index (χ0) is 15.1. The van der Waals surface area contributed by atoms with E-state index >= 15 is 0 Å². The number of benzene rings is 1. The molecular weight excluding hydrogens is 267 g/mol. The van der Waals surface area contributed by atoms with Gasteiger partial charge in [0.2, 0.25) is 0 Å². The first-order valence-corrected chi connectivity index (χ1v) is 8.10. The Bertz CT molecular complexity index is 433. The molecule has 0 amide bonds. The molecular formula is C17H27FN2O. The average molecular weight is 294 g/mol. The van der Waals surface area contributed by atoms with Crippen molar-refractivity contribution in [3.8, 4) is 5.75 Å². The van der Waals surface area contributed by atoms with Crippen LogP contribution in [0.25, 0.3) is 0 Å². The van der Waals surface area contributed by atoms with Gasteiger partial charge < -0.3 is 10.1 Å². The molecule has 1 aliphatic rings. The number of piperidine rings is 1. The van der Waals surface area contributed by atoms with Gasteiger partial charge in [0.25, 0.3) is 0 Å². The molecule has 0 bridgehead atoms. The highest BCUT2D eigenvalue weighted by atomic mass is 19.1. The van der Waals surface area contributed by atoms with Gasteiger partial charge in [-0.1, -0.05) is 13.0 Å². The van der Waals surface area contributed by atoms with Crippen molar-refractivity contribution in [3.63, 3.8) is 0 Å². The van der Waals surface area contributed by atoms with E-state index in [-0.39, 0.29) is 5.82 Å². The van der Waals surface area contributed by atoms with Crippen molar-refractivity contribution in [1.82, 2.24) is 10.2 Å². The summed E-state index contributed by atoms with van der Waals surface area (Å²) >= 11 is 0. The molecule has 1 aromatic rings. The molecule has 0 unspecified atom stereocenters. The fraction of sp³-hybridized carbons (Fsp3) is 0.647. The lowest BCUT2D eigenvalue weighted by Crippen LogP contribution is -2.43. The lowest BCUT2D eigenvalue weighted by Gasteiger charge is -2.34. The molecule has 1 fully saturated rings. The molecule has 118 valence electrons. The molecule has 4 heteroatoms. The summed E-state index contributed by atoms with van der Waals surface area (Å²) in [6.45, 7) is 8.62. The second kappa shape index (κ2) is 8.35. The maximum Gasteiger partial charge on any atom is 0.165 e. The highest BCUT2D eigenvalue weighted by molar-refractivity contribution is 5.29. The van der Waals surface area contributed by atoms with Crippen molar-refractivity contribution in [2.24, 2.45) is 0 Å². The Kier molecular flexibility index (Phi) is 6.46. The molecule has 1 N–H and O–H groups in total. The molecule has 2 rings (SSSR count). The fourth-order valence-corrected chi connectivity index (χ4v) is 3.00. The molecule has 3 nitrogen and oxygen atoms in total. The Morgan fingerprint density at radius 2 is 2.05 bits per heavy atom. The van der Waals surface area contributed by atoms with Crippen molar-refractivity contribution in [1.29, 1.82) is 0 Å². The molecule has 0 atom stereocenters. The summed E-state index contributed by atoms with van der Waals surface area (Å²) < 4.78 is 19.2. The van der Waals surface area contributed by atoms with Crippen molar-refractivity contribution in [2.45, 2.75) is 45.7 Å². The Balaban J connectivity index is 2.03. The highest BCUT2D eigenvalue weighted by Crippen LogP contribution is 2.21. The first kappa shape index (κ1) is 16.2. The molecule has 1 heterocycles. The van der Waals surface area contributed by atoms with Crippen LogP contribution in [0.15, 0.2) is 18.2 Å². The van der Waals surface area contributed by atoms with E-state index in [1.807, 2.05) is 13.0 Å². The lowest BCUT2D eigenvalue weighted by atomic mass is 10.0. The van der Waals surface area contributed by atoms with Gasteiger partial charge in [-0.05, 0) is 63.5 Å². The minimum Gasteiger partial charge on any atom is -0.491 e. The number of halogens is 1. The Labute approximate surface area is 127 Å². The number of nitrogens with one attached hydrogen (secondary N) is 1. The van der Waals surface area contributed by atoms with Crippen molar-refractivity contribution in [2.75, 3.05) is 26.2 Å². The van der Waals surface area contributed by atoms with Gasteiger partial charge in [0, 0.05) is 12.6 Å². The van der Waals surface area contributed by atoms with E-state index in [0.717, 1.165) is 38.2 Å². The summed E-state index contributed by atoms with van der Waals surface area (Å²) in [5.41, 5.74) is 1.03. The number of hydrogen-bond acceptors (Lipinski definition) is 3. The first-order valence-electron chi connectivity index (χ1n) is 8.10. The summed E-state index contributed by atoms with van der Waals surface area (Å²) in [7, 11) is 0. The van der Waals surface area contributed by atoms with Crippen molar-refractivity contribution in [3.05, 3.63) is 29.6 Å². The normalized spacial score (nSPS) is 16.4. The van der Waals surface area contributed by atoms with Crippen LogP contribution < -0.4 is 10.1 Å². The van der Waals surface area contributed by atoms with Gasteiger partial charge in [0.1, 0.15) is 0 Å². The predicted molar refractivity (Wildman–Crippen MR) is 84.2 cm³/mol. The number of nitrogens with zero attached hydrogens (tertiary/aromatic N) is 1. The van der Waals surface area contributed by atoms with E-state index in [9.17, 15) is 4.39 Å². The predicted octanol–water partition coefficient (Wildman–Crippen LogP) is 3.19. The summed E-state index contributed by atoms with van der Waals surface area (Å²) in [4.78, 5) is 2.50. The molecule has 0 radical (unpaired) electrons. The van der Waals surface area contributed by atoms with Crippen LogP contribution in [0.3, 0.4) is 0 Å². The molecule has 0 saturated carbocycles. The molecule has 0 aliphatic carbocycles. The summed E-state index contributed by atoms with van der Waals surface area (Å²) in [6, 6.07) is 5.97. The summed E-state index contributed by atoms with van der Waals surface area (Å²) in [6.07, 6.45) is 3.49. The van der Waals surface area contributed by atoms with Crippen LogP contribution in [0.5, 0.6) is 5.75 Å². The monoisotopic (exact) mass is 294 g/mol. The third-order valence-electron chi connectivity index (χ3n) is 4.02. The third-order valence-corrected chi connectivity index (χ3v) is 4.02. The van der Waals surface area contributed by atoms with Crippen LogP contribution in [0.4, 0.5) is 4.39 Å². The zero-order valence-electron chi connectivity index (χ0n) is 13.2. The van der Waals surface area contributed by atoms with Crippen molar-refractivity contribution >= 4 is 0 Å². The Morgan fingerprint density at radius 3 is 2.67 bits per heavy atom. The molecule has 0 aromatic heterocycles. The zero-order valence-corrected chi connectivity index (χ0v) is 13.2. The topological polar surface area (TPSA) is 24.5 Å². The second-order valence-electron chi connectivity index (χ2n) is 5.65. The summed E-state index contributed by atoms with van der Waals surface area (Å²) in [5, 5.41) is 3.40. The summed E-state index contributed by atoms with van der Waals surface area (Å²) in [5.74, 6) is 0.0984. The largest absolute Gasteiger partial charge is 0.491 e. The van der Waals surface area contributed by atoms with Gasteiger partial charge >= 0.3 is 0 Å². The maximum atomic E-state index is 14.0. The first-order chi connectivity index (χ1) is 10.2. The SMILES string of the molecule is CCCN(Cc1ccc(OCC)c(F)c1)C1CCNCC1. The van der Waals surface area contributed by atoms with Gasteiger partial charge in [-0.15, -0.1) is 0 Å². The van der Waals surface area contributed by atoms with E-state index in [1.165, 1.54) is 12.8 Å². The average Bonchev–Trinajstić information content (AvgIpc) is 2.50. The van der Waals surface area contributed by atoms with E-state index in [0.29, 0.717) is 18.4 Å². The van der Waals surface area contributed by atoms with Crippen LogP contribution in [-0.2, 0) is 6.54 Å². The van der Waals surface area contributed by atoms with Gasteiger partial charge in [0.15, 0.2) is 11.6 Å². The van der Waals surface area contributed by atoms with Gasteiger partial charge in [0.05, 0.1) is 6.61 Å². The third kappa shape index (κ3) is 4.68. The van der Waals surface area contributed by atoms with Crippen LogP contribution >= 0.6 is 0 Å². The maximum absolute atomic E-state index is 14.0. The standard InChI is InChI=1S/C17H27FN2O/c1-3-11-20(15-7-9-19-10-8-15)13-14-5-6-17(21-4-2)16(18)12-14/h5-6,12,15,19H,3-4,7-11,13H2,1-2H3. The molecule has 1 saturated heterocycles. The van der Waals surface area contributed by atoms with Gasteiger partial charge in [-0.25, -0.2) is 4.39 Å². The second-order valence-corrected chi connectivity index (χ2v) is 5.65. The van der Waals surface area contributed by atoms with Crippen molar-refractivity contribution < 1.29 is 9.13 Å².